The predicted octanol–water partition coefficient (Wildman–Crippen LogP) is 3.39. The van der Waals surface area contributed by atoms with E-state index in [9.17, 15) is 0 Å². The molecule has 0 radical (unpaired) electrons. The second-order valence-corrected chi connectivity index (χ2v) is 4.63. The maximum Gasteiger partial charge on any atom is 0.122 e. The van der Waals surface area contributed by atoms with E-state index in [1.165, 1.54) is 0 Å². The van der Waals surface area contributed by atoms with Crippen LogP contribution in [0.25, 0.3) is 0 Å². The first-order valence-electron chi connectivity index (χ1n) is 6.09. The molecule has 0 atom stereocenters. The van der Waals surface area contributed by atoms with E-state index in [-0.39, 0.29) is 0 Å². The van der Waals surface area contributed by atoms with Crippen LogP contribution in [0.15, 0.2) is 18.2 Å². The Balaban J connectivity index is 2.07. The Morgan fingerprint density at radius 3 is 2.44 bits per heavy atom. The van der Waals surface area contributed by atoms with Gasteiger partial charge in [-0.1, -0.05) is 23.2 Å². The van der Waals surface area contributed by atoms with Crippen molar-refractivity contribution in [2.24, 2.45) is 0 Å². The van der Waals surface area contributed by atoms with Crippen LogP contribution in [-0.4, -0.2) is 32.9 Å². The van der Waals surface area contributed by atoms with Crippen molar-refractivity contribution in [3.63, 3.8) is 0 Å². The number of nitrogens with one attached hydrogen (secondary N) is 1. The molecule has 0 fully saturated rings. The molecule has 0 aromatic heterocycles. The highest BCUT2D eigenvalue weighted by atomic mass is 35.5. The van der Waals surface area contributed by atoms with Gasteiger partial charge in [0.1, 0.15) is 12.4 Å². The van der Waals surface area contributed by atoms with Crippen LogP contribution in [0, 0.1) is 0 Å². The molecular formula is C13H19Cl2NO2. The lowest BCUT2D eigenvalue weighted by molar-refractivity contribution is 0.144. The van der Waals surface area contributed by atoms with Gasteiger partial charge in [0.15, 0.2) is 0 Å². The molecule has 0 aliphatic heterocycles. The van der Waals surface area contributed by atoms with E-state index >= 15 is 0 Å². The fraction of sp³-hybridized carbons (Fsp3) is 0.538. The Kier molecular flexibility index (Phi) is 8.18. The zero-order valence-corrected chi connectivity index (χ0v) is 12.1. The monoisotopic (exact) mass is 291 g/mol. The molecule has 1 N–H and O–H groups in total. The summed E-state index contributed by atoms with van der Waals surface area (Å²) in [5.74, 6) is 0.698. The van der Waals surface area contributed by atoms with Crippen LogP contribution >= 0.6 is 23.2 Å². The fourth-order valence-electron chi connectivity index (χ4n) is 1.42. The van der Waals surface area contributed by atoms with E-state index in [0.29, 0.717) is 22.4 Å². The maximum absolute atomic E-state index is 5.87. The molecule has 0 saturated carbocycles. The summed E-state index contributed by atoms with van der Waals surface area (Å²) < 4.78 is 10.8. The van der Waals surface area contributed by atoms with Crippen LogP contribution in [0.5, 0.6) is 5.75 Å². The minimum Gasteiger partial charge on any atom is -0.492 e. The highest BCUT2D eigenvalue weighted by Crippen LogP contribution is 2.23. The molecule has 1 aromatic carbocycles. The second kappa shape index (κ2) is 9.45. The Hall–Kier alpha value is -0.480. The number of halogens is 2. The quantitative estimate of drug-likeness (QED) is 0.708. The van der Waals surface area contributed by atoms with Crippen LogP contribution < -0.4 is 10.1 Å². The van der Waals surface area contributed by atoms with Gasteiger partial charge in [-0.15, -0.1) is 0 Å². The van der Waals surface area contributed by atoms with Gasteiger partial charge in [0.25, 0.3) is 0 Å². The Morgan fingerprint density at radius 1 is 1.06 bits per heavy atom. The predicted molar refractivity (Wildman–Crippen MR) is 75.9 cm³/mol. The summed E-state index contributed by atoms with van der Waals surface area (Å²) in [5.41, 5.74) is 0. The van der Waals surface area contributed by atoms with Gasteiger partial charge in [0.2, 0.25) is 0 Å². The second-order valence-electron chi connectivity index (χ2n) is 3.75. The van der Waals surface area contributed by atoms with Crippen molar-refractivity contribution in [2.75, 3.05) is 32.9 Å². The van der Waals surface area contributed by atoms with E-state index < -0.39 is 0 Å². The molecule has 1 aromatic rings. The zero-order chi connectivity index (χ0) is 13.2. The van der Waals surface area contributed by atoms with Crippen molar-refractivity contribution in [3.8, 4) is 5.75 Å². The SMILES string of the molecule is CCOCCCNCCOc1cc(Cl)cc(Cl)c1. The number of ether oxygens (including phenoxy) is 2. The van der Waals surface area contributed by atoms with Gasteiger partial charge in [-0.3, -0.25) is 0 Å². The lowest BCUT2D eigenvalue weighted by Crippen LogP contribution is -2.23. The van der Waals surface area contributed by atoms with Crippen LogP contribution in [0.4, 0.5) is 0 Å². The summed E-state index contributed by atoms with van der Waals surface area (Å²) in [7, 11) is 0. The van der Waals surface area contributed by atoms with Crippen molar-refractivity contribution < 1.29 is 9.47 Å². The molecule has 0 heterocycles. The minimum atomic E-state index is 0.585. The Labute approximate surface area is 118 Å². The third-order valence-electron chi connectivity index (χ3n) is 2.23. The maximum atomic E-state index is 5.87. The Bertz CT molecular complexity index is 328. The fourth-order valence-corrected chi connectivity index (χ4v) is 1.93. The average molecular weight is 292 g/mol. The van der Waals surface area contributed by atoms with Crippen LogP contribution in [-0.2, 0) is 4.74 Å². The van der Waals surface area contributed by atoms with Crippen LogP contribution in [0.3, 0.4) is 0 Å². The lowest BCUT2D eigenvalue weighted by Gasteiger charge is -2.08. The molecule has 0 spiro atoms. The van der Waals surface area contributed by atoms with E-state index in [0.717, 1.165) is 32.7 Å². The number of hydrogen-bond donors (Lipinski definition) is 1. The number of benzene rings is 1. The van der Waals surface area contributed by atoms with Gasteiger partial charge in [-0.2, -0.15) is 0 Å². The van der Waals surface area contributed by atoms with Crippen molar-refractivity contribution in [1.29, 1.82) is 0 Å². The van der Waals surface area contributed by atoms with Gasteiger partial charge in [0.05, 0.1) is 0 Å². The molecule has 0 amide bonds. The van der Waals surface area contributed by atoms with E-state index in [1.807, 2.05) is 6.92 Å². The summed E-state index contributed by atoms with van der Waals surface area (Å²) >= 11 is 11.7. The largest absolute Gasteiger partial charge is 0.492 e. The third kappa shape index (κ3) is 7.07. The average Bonchev–Trinajstić information content (AvgIpc) is 2.31. The topological polar surface area (TPSA) is 30.5 Å². The first kappa shape index (κ1) is 15.6. The Morgan fingerprint density at radius 2 is 1.78 bits per heavy atom. The molecule has 0 bridgehead atoms. The van der Waals surface area contributed by atoms with Gasteiger partial charge in [-0.25, -0.2) is 0 Å². The van der Waals surface area contributed by atoms with E-state index in [2.05, 4.69) is 5.32 Å². The zero-order valence-electron chi connectivity index (χ0n) is 10.5. The molecular weight excluding hydrogens is 273 g/mol. The first-order valence-corrected chi connectivity index (χ1v) is 6.85. The summed E-state index contributed by atoms with van der Waals surface area (Å²) in [5, 5.41) is 4.44. The molecule has 3 nitrogen and oxygen atoms in total. The van der Waals surface area contributed by atoms with Crippen LogP contribution in [0.1, 0.15) is 13.3 Å². The molecule has 1 rings (SSSR count). The normalized spacial score (nSPS) is 10.6. The molecule has 0 aliphatic carbocycles. The summed E-state index contributed by atoms with van der Waals surface area (Å²) in [6.07, 6.45) is 1.01. The standard InChI is InChI=1S/C13H19Cl2NO2/c1-2-17-6-3-4-16-5-7-18-13-9-11(14)8-12(15)10-13/h8-10,16H,2-7H2,1H3. The van der Waals surface area contributed by atoms with E-state index in [1.54, 1.807) is 18.2 Å². The molecule has 0 aliphatic rings. The highest BCUT2D eigenvalue weighted by Gasteiger charge is 1.98. The number of rotatable bonds is 9. The molecule has 0 saturated heterocycles. The van der Waals surface area contributed by atoms with Gasteiger partial charge < -0.3 is 14.8 Å². The van der Waals surface area contributed by atoms with E-state index in [4.69, 9.17) is 32.7 Å². The van der Waals surface area contributed by atoms with Crippen molar-refractivity contribution in [2.45, 2.75) is 13.3 Å². The van der Waals surface area contributed by atoms with Crippen molar-refractivity contribution in [1.82, 2.24) is 5.32 Å². The number of hydrogen-bond acceptors (Lipinski definition) is 3. The summed E-state index contributed by atoms with van der Waals surface area (Å²) in [6, 6.07) is 5.19. The molecule has 102 valence electrons. The van der Waals surface area contributed by atoms with Gasteiger partial charge >= 0.3 is 0 Å². The molecule has 5 heteroatoms. The van der Waals surface area contributed by atoms with Gasteiger partial charge in [-0.05, 0) is 38.1 Å². The lowest BCUT2D eigenvalue weighted by atomic mass is 10.3. The molecule has 0 unspecified atom stereocenters. The third-order valence-corrected chi connectivity index (χ3v) is 2.67. The van der Waals surface area contributed by atoms with Crippen molar-refractivity contribution >= 4 is 23.2 Å². The highest BCUT2D eigenvalue weighted by molar-refractivity contribution is 6.34. The summed E-state index contributed by atoms with van der Waals surface area (Å²) in [6.45, 7) is 5.88. The van der Waals surface area contributed by atoms with Crippen LogP contribution in [0.2, 0.25) is 10.0 Å². The summed E-state index contributed by atoms with van der Waals surface area (Å²) in [4.78, 5) is 0. The molecule has 18 heavy (non-hydrogen) atoms. The first-order chi connectivity index (χ1) is 8.72. The van der Waals surface area contributed by atoms with Crippen molar-refractivity contribution in [3.05, 3.63) is 28.2 Å². The smallest absolute Gasteiger partial charge is 0.122 e. The van der Waals surface area contributed by atoms with Gasteiger partial charge in [0, 0.05) is 29.8 Å². The minimum absolute atomic E-state index is 0.585.